The molecule has 4 rings (SSSR count). The van der Waals surface area contributed by atoms with E-state index in [1.54, 1.807) is 24.3 Å². The zero-order valence-electron chi connectivity index (χ0n) is 15.1. The standard InChI is InChI=1S/C22H22N2O3/c25-21-18-9-4-5-10-19(18)22(26)24(21)12-6-11-20(17-7-2-1-3-8-17)23-13-15-27-16-14-23/h1-5,7-11H,6,12-16H2/b20-11+. The summed E-state index contributed by atoms with van der Waals surface area (Å²) >= 11 is 0. The fraction of sp³-hybridized carbons (Fsp3) is 0.273. The Morgan fingerprint density at radius 3 is 2.11 bits per heavy atom. The average Bonchev–Trinajstić information content (AvgIpc) is 2.97. The number of rotatable bonds is 5. The van der Waals surface area contributed by atoms with E-state index in [9.17, 15) is 9.59 Å². The number of amides is 2. The van der Waals surface area contributed by atoms with E-state index in [1.165, 1.54) is 4.90 Å². The van der Waals surface area contributed by atoms with Gasteiger partial charge in [0, 0.05) is 25.3 Å². The predicted molar refractivity (Wildman–Crippen MR) is 103 cm³/mol. The van der Waals surface area contributed by atoms with E-state index in [2.05, 4.69) is 23.1 Å². The topological polar surface area (TPSA) is 49.9 Å². The van der Waals surface area contributed by atoms with E-state index >= 15 is 0 Å². The number of ether oxygens (including phenoxy) is 1. The molecule has 0 unspecified atom stereocenters. The maximum absolute atomic E-state index is 12.5. The first-order chi connectivity index (χ1) is 13.3. The minimum Gasteiger partial charge on any atom is -0.378 e. The van der Waals surface area contributed by atoms with Gasteiger partial charge >= 0.3 is 0 Å². The number of hydrogen-bond acceptors (Lipinski definition) is 4. The predicted octanol–water partition coefficient (Wildman–Crippen LogP) is 3.05. The maximum Gasteiger partial charge on any atom is 0.261 e. The third-order valence-corrected chi connectivity index (χ3v) is 4.99. The SMILES string of the molecule is O=C1c2ccccc2C(=O)N1CC/C=C(\c1ccccc1)N1CCOCC1. The van der Waals surface area contributed by atoms with Crippen LogP contribution in [0.5, 0.6) is 0 Å². The molecule has 2 amide bonds. The van der Waals surface area contributed by atoms with Crippen molar-refractivity contribution in [1.29, 1.82) is 0 Å². The summed E-state index contributed by atoms with van der Waals surface area (Å²) in [4.78, 5) is 28.7. The Morgan fingerprint density at radius 1 is 0.889 bits per heavy atom. The van der Waals surface area contributed by atoms with Gasteiger partial charge in [-0.25, -0.2) is 0 Å². The van der Waals surface area contributed by atoms with Crippen LogP contribution in [-0.2, 0) is 4.74 Å². The highest BCUT2D eigenvalue weighted by atomic mass is 16.5. The Hall–Kier alpha value is -2.92. The van der Waals surface area contributed by atoms with Crippen LogP contribution in [0.4, 0.5) is 0 Å². The lowest BCUT2D eigenvalue weighted by molar-refractivity contribution is 0.0637. The Morgan fingerprint density at radius 2 is 1.48 bits per heavy atom. The van der Waals surface area contributed by atoms with Gasteiger partial charge in [-0.15, -0.1) is 0 Å². The summed E-state index contributed by atoms with van der Waals surface area (Å²) in [6, 6.07) is 17.2. The molecule has 0 saturated carbocycles. The van der Waals surface area contributed by atoms with Crippen molar-refractivity contribution >= 4 is 17.5 Å². The number of carbonyl (C=O) groups excluding carboxylic acids is 2. The van der Waals surface area contributed by atoms with E-state index in [4.69, 9.17) is 4.74 Å². The van der Waals surface area contributed by atoms with Crippen molar-refractivity contribution in [2.45, 2.75) is 6.42 Å². The fourth-order valence-corrected chi connectivity index (χ4v) is 3.62. The molecule has 0 atom stereocenters. The lowest BCUT2D eigenvalue weighted by atomic mass is 10.1. The van der Waals surface area contributed by atoms with Crippen LogP contribution < -0.4 is 0 Å². The number of carbonyl (C=O) groups is 2. The van der Waals surface area contributed by atoms with Crippen LogP contribution in [0.25, 0.3) is 5.70 Å². The first-order valence-electron chi connectivity index (χ1n) is 9.29. The Labute approximate surface area is 158 Å². The second-order valence-corrected chi connectivity index (χ2v) is 6.65. The maximum atomic E-state index is 12.5. The van der Waals surface area contributed by atoms with Gasteiger partial charge in [-0.1, -0.05) is 48.5 Å². The minimum atomic E-state index is -0.198. The van der Waals surface area contributed by atoms with Gasteiger partial charge < -0.3 is 9.64 Å². The molecule has 0 radical (unpaired) electrons. The van der Waals surface area contributed by atoms with Crippen LogP contribution in [0.15, 0.2) is 60.7 Å². The molecule has 2 heterocycles. The molecule has 0 bridgehead atoms. The Kier molecular flexibility index (Phi) is 5.03. The van der Waals surface area contributed by atoms with Crippen molar-refractivity contribution in [3.8, 4) is 0 Å². The van der Waals surface area contributed by atoms with Crippen LogP contribution in [-0.4, -0.2) is 54.5 Å². The molecular weight excluding hydrogens is 340 g/mol. The summed E-state index contributed by atoms with van der Waals surface area (Å²) < 4.78 is 5.47. The molecule has 0 N–H and O–H groups in total. The number of imide groups is 1. The van der Waals surface area contributed by atoms with E-state index in [0.29, 0.717) is 37.3 Å². The quantitative estimate of drug-likeness (QED) is 0.767. The van der Waals surface area contributed by atoms with Gasteiger partial charge in [-0.05, 0) is 24.1 Å². The molecule has 5 heteroatoms. The van der Waals surface area contributed by atoms with Gasteiger partial charge in [0.05, 0.1) is 24.3 Å². The molecular formula is C22H22N2O3. The third-order valence-electron chi connectivity index (χ3n) is 4.99. The van der Waals surface area contributed by atoms with E-state index < -0.39 is 0 Å². The molecule has 0 aliphatic carbocycles. The van der Waals surface area contributed by atoms with Crippen LogP contribution in [0.2, 0.25) is 0 Å². The number of fused-ring (bicyclic) bond motifs is 1. The van der Waals surface area contributed by atoms with Crippen molar-refractivity contribution in [2.24, 2.45) is 0 Å². The molecule has 27 heavy (non-hydrogen) atoms. The first-order valence-corrected chi connectivity index (χ1v) is 9.29. The lowest BCUT2D eigenvalue weighted by Crippen LogP contribution is -2.35. The van der Waals surface area contributed by atoms with Crippen LogP contribution in [0, 0.1) is 0 Å². The van der Waals surface area contributed by atoms with Crippen LogP contribution in [0.1, 0.15) is 32.7 Å². The van der Waals surface area contributed by atoms with Gasteiger partial charge in [-0.2, -0.15) is 0 Å². The number of nitrogens with zero attached hydrogens (tertiary/aromatic N) is 2. The van der Waals surface area contributed by atoms with Gasteiger partial charge in [0.25, 0.3) is 11.8 Å². The molecule has 0 aromatic heterocycles. The third kappa shape index (κ3) is 3.51. The Bertz CT molecular complexity index is 835. The smallest absolute Gasteiger partial charge is 0.261 e. The van der Waals surface area contributed by atoms with Gasteiger partial charge in [0.15, 0.2) is 0 Å². The Balaban J connectivity index is 1.51. The molecule has 2 aromatic carbocycles. The minimum absolute atomic E-state index is 0.198. The monoisotopic (exact) mass is 362 g/mol. The number of benzene rings is 2. The van der Waals surface area contributed by atoms with Gasteiger partial charge in [0.1, 0.15) is 0 Å². The summed E-state index contributed by atoms with van der Waals surface area (Å²) in [7, 11) is 0. The lowest BCUT2D eigenvalue weighted by Gasteiger charge is -2.31. The summed E-state index contributed by atoms with van der Waals surface area (Å²) in [6.45, 7) is 3.49. The highest BCUT2D eigenvalue weighted by Gasteiger charge is 2.34. The molecule has 2 aliphatic heterocycles. The van der Waals surface area contributed by atoms with Crippen molar-refractivity contribution in [1.82, 2.24) is 9.80 Å². The van der Waals surface area contributed by atoms with Crippen LogP contribution >= 0.6 is 0 Å². The van der Waals surface area contributed by atoms with Crippen LogP contribution in [0.3, 0.4) is 0 Å². The highest BCUT2D eigenvalue weighted by Crippen LogP contribution is 2.24. The first kappa shape index (κ1) is 17.5. The second-order valence-electron chi connectivity index (χ2n) is 6.65. The second kappa shape index (κ2) is 7.76. The zero-order valence-corrected chi connectivity index (χ0v) is 15.1. The molecule has 2 aliphatic rings. The molecule has 5 nitrogen and oxygen atoms in total. The van der Waals surface area contributed by atoms with E-state index in [1.807, 2.05) is 18.2 Å². The van der Waals surface area contributed by atoms with Gasteiger partial charge in [0.2, 0.25) is 0 Å². The fourth-order valence-electron chi connectivity index (χ4n) is 3.62. The highest BCUT2D eigenvalue weighted by molar-refractivity contribution is 6.21. The number of hydrogen-bond donors (Lipinski definition) is 0. The van der Waals surface area contributed by atoms with E-state index in [0.717, 1.165) is 24.4 Å². The molecule has 0 spiro atoms. The largest absolute Gasteiger partial charge is 0.378 e. The van der Waals surface area contributed by atoms with Crippen molar-refractivity contribution in [3.05, 3.63) is 77.4 Å². The van der Waals surface area contributed by atoms with Crippen molar-refractivity contribution < 1.29 is 14.3 Å². The van der Waals surface area contributed by atoms with Gasteiger partial charge in [-0.3, -0.25) is 14.5 Å². The molecule has 1 saturated heterocycles. The summed E-state index contributed by atoms with van der Waals surface area (Å²) in [5.41, 5.74) is 3.28. The molecule has 2 aromatic rings. The summed E-state index contributed by atoms with van der Waals surface area (Å²) in [5.74, 6) is -0.395. The molecule has 1 fully saturated rings. The van der Waals surface area contributed by atoms with Crippen molar-refractivity contribution in [2.75, 3.05) is 32.8 Å². The summed E-state index contributed by atoms with van der Waals surface area (Å²) in [6.07, 6.45) is 2.75. The van der Waals surface area contributed by atoms with Crippen molar-refractivity contribution in [3.63, 3.8) is 0 Å². The zero-order chi connectivity index (χ0) is 18.6. The normalized spacial score (nSPS) is 17.4. The average molecular weight is 362 g/mol. The molecule has 138 valence electrons. The number of morpholine rings is 1. The van der Waals surface area contributed by atoms with E-state index in [-0.39, 0.29) is 11.8 Å². The summed E-state index contributed by atoms with van der Waals surface area (Å²) in [5, 5.41) is 0.